The van der Waals surface area contributed by atoms with Gasteiger partial charge in [-0.2, -0.15) is 0 Å². The topological polar surface area (TPSA) is 84.2 Å². The number of ether oxygens (including phenoxy) is 2. The third-order valence-corrected chi connectivity index (χ3v) is 5.04. The summed E-state index contributed by atoms with van der Waals surface area (Å²) in [6, 6.07) is 10.1. The molecule has 1 aliphatic heterocycles. The van der Waals surface area contributed by atoms with Gasteiger partial charge in [-0.25, -0.2) is 4.99 Å². The van der Waals surface area contributed by atoms with Crippen LogP contribution in [0.2, 0.25) is 0 Å². The van der Waals surface area contributed by atoms with Crippen molar-refractivity contribution < 1.29 is 14.0 Å². The van der Waals surface area contributed by atoms with Gasteiger partial charge in [-0.05, 0) is 30.5 Å². The van der Waals surface area contributed by atoms with Crippen LogP contribution in [0.3, 0.4) is 0 Å². The summed E-state index contributed by atoms with van der Waals surface area (Å²) < 4.78 is 16.7. The van der Waals surface area contributed by atoms with Gasteiger partial charge in [0, 0.05) is 32.2 Å². The normalized spacial score (nSPS) is 14.8. The first-order chi connectivity index (χ1) is 15.1. The smallest absolute Gasteiger partial charge is 0.191 e. The van der Waals surface area contributed by atoms with Crippen molar-refractivity contribution in [1.29, 1.82) is 0 Å². The Kier molecular flexibility index (Phi) is 11.8. The first-order valence-electron chi connectivity index (χ1n) is 11.1. The van der Waals surface area contributed by atoms with Crippen LogP contribution in [-0.2, 0) is 17.8 Å². The maximum Gasteiger partial charge on any atom is 0.191 e. The van der Waals surface area contributed by atoms with Crippen molar-refractivity contribution in [2.45, 2.75) is 39.8 Å². The summed E-state index contributed by atoms with van der Waals surface area (Å²) in [6.45, 7) is 13.3. The molecule has 178 valence electrons. The number of halogens is 1. The number of guanidine groups is 1. The van der Waals surface area contributed by atoms with Gasteiger partial charge in [0.25, 0.3) is 0 Å². The molecule has 0 spiro atoms. The number of morpholine rings is 1. The van der Waals surface area contributed by atoms with Crippen molar-refractivity contribution in [3.8, 4) is 5.75 Å². The number of hydrogen-bond acceptors (Lipinski definition) is 6. The molecule has 1 fully saturated rings. The molecule has 1 aromatic heterocycles. The van der Waals surface area contributed by atoms with E-state index in [0.717, 1.165) is 68.1 Å². The summed E-state index contributed by atoms with van der Waals surface area (Å²) in [7, 11) is 0. The van der Waals surface area contributed by atoms with Crippen LogP contribution in [0.15, 0.2) is 39.8 Å². The lowest BCUT2D eigenvalue weighted by Crippen LogP contribution is -2.38. The second-order valence-electron chi connectivity index (χ2n) is 7.87. The highest BCUT2D eigenvalue weighted by Crippen LogP contribution is 2.15. The van der Waals surface area contributed by atoms with Gasteiger partial charge >= 0.3 is 0 Å². The van der Waals surface area contributed by atoms with E-state index in [4.69, 9.17) is 19.0 Å². The van der Waals surface area contributed by atoms with Crippen molar-refractivity contribution >= 4 is 29.9 Å². The number of aromatic nitrogens is 1. The first-order valence-corrected chi connectivity index (χ1v) is 11.1. The van der Waals surface area contributed by atoms with Crippen molar-refractivity contribution in [3.63, 3.8) is 0 Å². The summed E-state index contributed by atoms with van der Waals surface area (Å²) in [5, 5.41) is 10.7. The fourth-order valence-corrected chi connectivity index (χ4v) is 3.22. The van der Waals surface area contributed by atoms with E-state index in [-0.39, 0.29) is 24.0 Å². The molecule has 32 heavy (non-hydrogen) atoms. The largest absolute Gasteiger partial charge is 0.492 e. The van der Waals surface area contributed by atoms with Gasteiger partial charge in [0.15, 0.2) is 11.7 Å². The average Bonchev–Trinajstić information content (AvgIpc) is 3.26. The van der Waals surface area contributed by atoms with Crippen LogP contribution in [0.25, 0.3) is 0 Å². The molecule has 0 amide bonds. The van der Waals surface area contributed by atoms with E-state index in [9.17, 15) is 0 Å². The van der Waals surface area contributed by atoms with Gasteiger partial charge < -0.3 is 24.6 Å². The molecule has 3 rings (SSSR count). The standard InChI is InChI=1S/C23H35N5O3.HI/c1-4-24-23(26-17-21-15-22(18(2)3)27-31-21)25-16-19-6-5-7-20(14-19)30-13-10-28-8-11-29-12-9-28;/h5-7,14-15,18H,4,8-13,16-17H2,1-3H3,(H2,24,25,26);1H. The van der Waals surface area contributed by atoms with E-state index in [1.54, 1.807) is 0 Å². The predicted octanol–water partition coefficient (Wildman–Crippen LogP) is 3.38. The Balaban J connectivity index is 0.00000363. The minimum atomic E-state index is 0. The van der Waals surface area contributed by atoms with E-state index in [1.807, 2.05) is 25.1 Å². The van der Waals surface area contributed by atoms with Gasteiger partial charge in [-0.3, -0.25) is 4.90 Å². The number of nitrogens with one attached hydrogen (secondary N) is 2. The molecule has 0 atom stereocenters. The number of benzene rings is 1. The Morgan fingerprint density at radius 2 is 2.03 bits per heavy atom. The Morgan fingerprint density at radius 3 is 2.75 bits per heavy atom. The zero-order chi connectivity index (χ0) is 21.9. The van der Waals surface area contributed by atoms with E-state index >= 15 is 0 Å². The van der Waals surface area contributed by atoms with Gasteiger partial charge in [-0.15, -0.1) is 24.0 Å². The van der Waals surface area contributed by atoms with E-state index in [0.29, 0.717) is 25.6 Å². The molecule has 1 aliphatic rings. The molecule has 0 bridgehead atoms. The van der Waals surface area contributed by atoms with Gasteiger partial charge in [0.1, 0.15) is 12.4 Å². The predicted molar refractivity (Wildman–Crippen MR) is 137 cm³/mol. The molecule has 0 radical (unpaired) electrons. The summed E-state index contributed by atoms with van der Waals surface area (Å²) >= 11 is 0. The van der Waals surface area contributed by atoms with E-state index in [1.165, 1.54) is 0 Å². The lowest BCUT2D eigenvalue weighted by Gasteiger charge is -2.26. The van der Waals surface area contributed by atoms with Crippen LogP contribution in [-0.4, -0.2) is 62.0 Å². The fraction of sp³-hybridized carbons (Fsp3) is 0.565. The third-order valence-electron chi connectivity index (χ3n) is 5.04. The molecule has 2 heterocycles. The van der Waals surface area contributed by atoms with Crippen LogP contribution < -0.4 is 15.4 Å². The number of aliphatic imine (C=N–C) groups is 1. The van der Waals surface area contributed by atoms with Gasteiger partial charge in [-0.1, -0.05) is 31.1 Å². The van der Waals surface area contributed by atoms with Crippen molar-refractivity contribution in [2.75, 3.05) is 46.0 Å². The second kappa shape index (κ2) is 14.3. The molecule has 2 aromatic rings. The second-order valence-corrected chi connectivity index (χ2v) is 7.87. The zero-order valence-corrected chi connectivity index (χ0v) is 21.6. The molecular weight excluding hydrogens is 521 g/mol. The lowest BCUT2D eigenvalue weighted by atomic mass is 10.1. The lowest BCUT2D eigenvalue weighted by molar-refractivity contribution is 0.0322. The molecule has 2 N–H and O–H groups in total. The SMILES string of the molecule is CCNC(=NCc1cccc(OCCN2CCOCC2)c1)NCc1cc(C(C)C)no1.I. The average molecular weight is 557 g/mol. The minimum Gasteiger partial charge on any atom is -0.492 e. The third kappa shape index (κ3) is 8.95. The molecular formula is C23H36IN5O3. The highest BCUT2D eigenvalue weighted by atomic mass is 127. The van der Waals surface area contributed by atoms with Crippen molar-refractivity contribution in [3.05, 3.63) is 47.3 Å². The Morgan fingerprint density at radius 1 is 1.22 bits per heavy atom. The molecule has 0 saturated carbocycles. The summed E-state index contributed by atoms with van der Waals surface area (Å²) in [5.74, 6) is 2.76. The molecule has 8 nitrogen and oxygen atoms in total. The summed E-state index contributed by atoms with van der Waals surface area (Å²) in [4.78, 5) is 7.06. The molecule has 1 saturated heterocycles. The number of rotatable bonds is 10. The van der Waals surface area contributed by atoms with Crippen LogP contribution >= 0.6 is 24.0 Å². The monoisotopic (exact) mass is 557 g/mol. The van der Waals surface area contributed by atoms with E-state index < -0.39 is 0 Å². The quantitative estimate of drug-likeness (QED) is 0.263. The Bertz CT molecular complexity index is 821. The first kappa shape index (κ1) is 26.4. The highest BCUT2D eigenvalue weighted by molar-refractivity contribution is 14.0. The van der Waals surface area contributed by atoms with E-state index in [2.05, 4.69) is 46.7 Å². The Hall–Kier alpha value is -1.85. The van der Waals surface area contributed by atoms with Gasteiger partial charge in [0.05, 0.1) is 32.0 Å². The van der Waals surface area contributed by atoms with Crippen molar-refractivity contribution in [2.24, 2.45) is 4.99 Å². The van der Waals surface area contributed by atoms with Crippen LogP contribution in [0.5, 0.6) is 5.75 Å². The summed E-state index contributed by atoms with van der Waals surface area (Å²) in [6.07, 6.45) is 0. The maximum atomic E-state index is 5.95. The number of hydrogen-bond donors (Lipinski definition) is 2. The maximum absolute atomic E-state index is 5.95. The molecule has 9 heteroatoms. The Labute approximate surface area is 208 Å². The highest BCUT2D eigenvalue weighted by Gasteiger charge is 2.10. The molecule has 0 unspecified atom stereocenters. The number of nitrogens with zero attached hydrogens (tertiary/aromatic N) is 3. The molecule has 1 aromatic carbocycles. The van der Waals surface area contributed by atoms with Crippen LogP contribution in [0.1, 0.15) is 43.7 Å². The van der Waals surface area contributed by atoms with Crippen LogP contribution in [0.4, 0.5) is 0 Å². The van der Waals surface area contributed by atoms with Crippen molar-refractivity contribution in [1.82, 2.24) is 20.7 Å². The fourth-order valence-electron chi connectivity index (χ4n) is 3.22. The summed E-state index contributed by atoms with van der Waals surface area (Å²) in [5.41, 5.74) is 2.06. The molecule has 0 aliphatic carbocycles. The van der Waals surface area contributed by atoms with Crippen LogP contribution in [0, 0.1) is 0 Å². The zero-order valence-electron chi connectivity index (χ0n) is 19.3. The minimum absolute atomic E-state index is 0. The van der Waals surface area contributed by atoms with Gasteiger partial charge in [0.2, 0.25) is 0 Å².